The average Bonchev–Trinajstić information content (AvgIpc) is 3.57. The molecule has 2 aromatic heterocycles. The second-order valence-corrected chi connectivity index (χ2v) is 10.7. The van der Waals surface area contributed by atoms with Gasteiger partial charge < -0.3 is 9.72 Å². The molecule has 1 amide bonds. The van der Waals surface area contributed by atoms with Crippen molar-refractivity contribution in [3.63, 3.8) is 0 Å². The molecule has 2 aliphatic rings. The van der Waals surface area contributed by atoms with Crippen LogP contribution in [0.5, 0.6) is 0 Å². The predicted octanol–water partition coefficient (Wildman–Crippen LogP) is 2.94. The van der Waals surface area contributed by atoms with Crippen LogP contribution in [0.15, 0.2) is 55.0 Å². The van der Waals surface area contributed by atoms with Crippen LogP contribution in [-0.2, 0) is 16.6 Å². The highest BCUT2D eigenvalue weighted by atomic mass is 32.2. The molecule has 0 atom stereocenters. The molecule has 162 valence electrons. The zero-order valence-corrected chi connectivity index (χ0v) is 18.1. The van der Waals surface area contributed by atoms with Crippen LogP contribution in [0.25, 0.3) is 5.65 Å². The van der Waals surface area contributed by atoms with Gasteiger partial charge in [0.15, 0.2) is 0 Å². The zero-order chi connectivity index (χ0) is 21.4. The molecular weight excluding hydrogens is 412 g/mol. The maximum atomic E-state index is 12.5. The van der Waals surface area contributed by atoms with Gasteiger partial charge in [0.1, 0.15) is 5.65 Å². The number of carbonyl (C=O) groups excluding carboxylic acids is 1. The summed E-state index contributed by atoms with van der Waals surface area (Å²) in [5.74, 6) is 0.226. The first-order valence-corrected chi connectivity index (χ1v) is 12.3. The summed E-state index contributed by atoms with van der Waals surface area (Å²) in [6.07, 6.45) is 8.83. The lowest BCUT2D eigenvalue weighted by atomic mass is 9.90. The largest absolute Gasteiger partial charge is 0.348 e. The molecule has 0 radical (unpaired) electrons. The molecule has 1 N–H and O–H groups in total. The van der Waals surface area contributed by atoms with E-state index in [1.165, 1.54) is 5.56 Å². The summed E-state index contributed by atoms with van der Waals surface area (Å²) in [7, 11) is -3.08. The minimum atomic E-state index is -3.08. The smallest absolute Gasteiger partial charge is 0.251 e. The van der Waals surface area contributed by atoms with Crippen molar-refractivity contribution in [2.75, 3.05) is 13.1 Å². The lowest BCUT2D eigenvalue weighted by Crippen LogP contribution is -2.39. The number of nitrogens with one attached hydrogen (secondary N) is 1. The van der Waals surface area contributed by atoms with Crippen LogP contribution in [-0.4, -0.2) is 46.4 Å². The second kappa shape index (κ2) is 8.09. The number of amides is 1. The minimum absolute atomic E-state index is 0.111. The molecule has 1 saturated carbocycles. The Bertz CT molecular complexity index is 1190. The third-order valence-corrected chi connectivity index (χ3v) is 8.72. The van der Waals surface area contributed by atoms with Gasteiger partial charge in [-0.15, -0.1) is 0 Å². The number of hydrogen-bond acceptors (Lipinski definition) is 4. The number of fused-ring (bicyclic) bond motifs is 1. The van der Waals surface area contributed by atoms with Gasteiger partial charge in [0.05, 0.1) is 5.25 Å². The molecule has 8 heteroatoms. The van der Waals surface area contributed by atoms with Gasteiger partial charge in [0.25, 0.3) is 5.91 Å². The van der Waals surface area contributed by atoms with Crippen molar-refractivity contribution >= 4 is 21.6 Å². The first kappa shape index (κ1) is 20.2. The Morgan fingerprint density at radius 2 is 1.77 bits per heavy atom. The fraction of sp³-hybridized carbons (Fsp3) is 0.391. The third kappa shape index (κ3) is 4.22. The number of nitrogens with zero attached hydrogens (tertiary/aromatic N) is 3. The first-order valence-electron chi connectivity index (χ1n) is 10.8. The average molecular weight is 439 g/mol. The van der Waals surface area contributed by atoms with Crippen molar-refractivity contribution in [2.24, 2.45) is 0 Å². The number of benzene rings is 1. The molecule has 1 aliphatic carbocycles. The Hall–Kier alpha value is -2.71. The fourth-order valence-electron chi connectivity index (χ4n) is 4.27. The van der Waals surface area contributed by atoms with Crippen LogP contribution < -0.4 is 5.32 Å². The summed E-state index contributed by atoms with van der Waals surface area (Å²) in [6, 6.07) is 11.6. The highest BCUT2D eigenvalue weighted by Gasteiger charge is 2.41. The van der Waals surface area contributed by atoms with Gasteiger partial charge in [-0.05, 0) is 67.0 Å². The van der Waals surface area contributed by atoms with Gasteiger partial charge in [-0.2, -0.15) is 0 Å². The van der Waals surface area contributed by atoms with Crippen LogP contribution in [0.4, 0.5) is 0 Å². The summed E-state index contributed by atoms with van der Waals surface area (Å²) in [4.78, 5) is 16.8. The second-order valence-electron chi connectivity index (χ2n) is 8.45. The van der Waals surface area contributed by atoms with E-state index in [0.717, 1.165) is 36.9 Å². The van der Waals surface area contributed by atoms with Crippen molar-refractivity contribution in [3.05, 3.63) is 71.7 Å². The lowest BCUT2D eigenvalue weighted by molar-refractivity contribution is 0.0951. The van der Waals surface area contributed by atoms with Crippen LogP contribution in [0.3, 0.4) is 0 Å². The van der Waals surface area contributed by atoms with Crippen molar-refractivity contribution in [2.45, 2.75) is 43.4 Å². The van der Waals surface area contributed by atoms with E-state index in [1.807, 2.05) is 53.2 Å². The standard InChI is InChI=1S/C23H26N4O3S/c28-23(25-16-17-7-11-26-14-10-24-22(26)15-17)20-3-1-18(2-4-20)19-8-12-27(13-9-19)31(29,30)21-5-6-21/h1-4,7,10-11,14-15,19,21H,5-6,8-9,12-13,16H2,(H,25,28). The number of aromatic nitrogens is 2. The maximum absolute atomic E-state index is 12.5. The summed E-state index contributed by atoms with van der Waals surface area (Å²) in [6.45, 7) is 1.62. The minimum Gasteiger partial charge on any atom is -0.348 e. The first-order chi connectivity index (χ1) is 15.0. The van der Waals surface area contributed by atoms with Crippen molar-refractivity contribution < 1.29 is 13.2 Å². The molecule has 31 heavy (non-hydrogen) atoms. The number of piperidine rings is 1. The monoisotopic (exact) mass is 438 g/mol. The van der Waals surface area contributed by atoms with Crippen molar-refractivity contribution in [3.8, 4) is 0 Å². The highest BCUT2D eigenvalue weighted by molar-refractivity contribution is 7.90. The van der Waals surface area contributed by atoms with E-state index in [0.29, 0.717) is 31.1 Å². The predicted molar refractivity (Wildman–Crippen MR) is 118 cm³/mol. The summed E-state index contributed by atoms with van der Waals surface area (Å²) < 4.78 is 28.4. The topological polar surface area (TPSA) is 83.8 Å². The zero-order valence-electron chi connectivity index (χ0n) is 17.3. The third-order valence-electron chi connectivity index (χ3n) is 6.32. The molecule has 0 spiro atoms. The van der Waals surface area contributed by atoms with Crippen LogP contribution in [0.2, 0.25) is 0 Å². The van der Waals surface area contributed by atoms with Gasteiger partial charge in [-0.1, -0.05) is 12.1 Å². The number of carbonyl (C=O) groups is 1. The quantitative estimate of drug-likeness (QED) is 0.641. The number of pyridine rings is 1. The van der Waals surface area contributed by atoms with E-state index < -0.39 is 10.0 Å². The van der Waals surface area contributed by atoms with Gasteiger partial charge in [-0.3, -0.25) is 4.79 Å². The van der Waals surface area contributed by atoms with Crippen molar-refractivity contribution in [1.29, 1.82) is 0 Å². The van der Waals surface area contributed by atoms with Gasteiger partial charge in [0, 0.05) is 43.8 Å². The molecule has 1 saturated heterocycles. The van der Waals surface area contributed by atoms with E-state index in [1.54, 1.807) is 10.5 Å². The van der Waals surface area contributed by atoms with E-state index in [-0.39, 0.29) is 11.2 Å². The SMILES string of the molecule is O=C(NCc1ccn2ccnc2c1)c1ccc(C2CCN(S(=O)(=O)C3CC3)CC2)cc1. The van der Waals surface area contributed by atoms with E-state index in [9.17, 15) is 13.2 Å². The normalized spacial score (nSPS) is 18.3. The summed E-state index contributed by atoms with van der Waals surface area (Å²) >= 11 is 0. The molecule has 1 aliphatic heterocycles. The van der Waals surface area contributed by atoms with Crippen LogP contribution in [0, 0.1) is 0 Å². The molecule has 3 heterocycles. The van der Waals surface area contributed by atoms with Gasteiger partial charge >= 0.3 is 0 Å². The number of imidazole rings is 1. The molecular formula is C23H26N4O3S. The number of rotatable bonds is 6. The van der Waals surface area contributed by atoms with E-state index in [2.05, 4.69) is 10.3 Å². The summed E-state index contributed by atoms with van der Waals surface area (Å²) in [5, 5.41) is 2.83. The van der Waals surface area contributed by atoms with Gasteiger partial charge in [-0.25, -0.2) is 17.7 Å². The lowest BCUT2D eigenvalue weighted by Gasteiger charge is -2.31. The fourth-order valence-corrected chi connectivity index (χ4v) is 6.15. The Morgan fingerprint density at radius 3 is 2.48 bits per heavy atom. The summed E-state index contributed by atoms with van der Waals surface area (Å²) in [5.41, 5.74) is 3.65. The van der Waals surface area contributed by atoms with Crippen LogP contribution in [0.1, 0.15) is 53.1 Å². The maximum Gasteiger partial charge on any atom is 0.251 e. The highest BCUT2D eigenvalue weighted by Crippen LogP contribution is 2.35. The van der Waals surface area contributed by atoms with Gasteiger partial charge in [0.2, 0.25) is 10.0 Å². The molecule has 0 unspecified atom stereocenters. The Labute approximate surface area is 182 Å². The molecule has 5 rings (SSSR count). The Morgan fingerprint density at radius 1 is 1.03 bits per heavy atom. The number of sulfonamides is 1. The number of hydrogen-bond donors (Lipinski definition) is 1. The van der Waals surface area contributed by atoms with E-state index in [4.69, 9.17) is 0 Å². The molecule has 2 fully saturated rings. The van der Waals surface area contributed by atoms with Crippen molar-refractivity contribution in [1.82, 2.24) is 19.0 Å². The van der Waals surface area contributed by atoms with Crippen LogP contribution >= 0.6 is 0 Å². The molecule has 1 aromatic carbocycles. The Balaban J connectivity index is 1.16. The molecule has 7 nitrogen and oxygen atoms in total. The molecule has 3 aromatic rings. The van der Waals surface area contributed by atoms with E-state index >= 15 is 0 Å². The molecule has 0 bridgehead atoms. The Kier molecular flexibility index (Phi) is 5.27.